The number of hydrogen-bond donors (Lipinski definition) is 0. The Morgan fingerprint density at radius 3 is 2.41 bits per heavy atom. The third-order valence-electron chi connectivity index (χ3n) is 3.72. The third-order valence-corrected chi connectivity index (χ3v) is 3.72. The average Bonchev–Trinajstić information content (AvgIpc) is 2.33. The molecule has 0 spiro atoms. The molecule has 1 aliphatic heterocycles. The van der Waals surface area contributed by atoms with E-state index in [2.05, 4.69) is 23.9 Å². The molecule has 1 fully saturated rings. The van der Waals surface area contributed by atoms with E-state index in [-0.39, 0.29) is 5.82 Å². The highest BCUT2D eigenvalue weighted by Crippen LogP contribution is 2.23. The van der Waals surface area contributed by atoms with Crippen molar-refractivity contribution in [2.75, 3.05) is 32.1 Å². The zero-order chi connectivity index (χ0) is 12.4. The van der Waals surface area contributed by atoms with E-state index < -0.39 is 0 Å². The van der Waals surface area contributed by atoms with Gasteiger partial charge in [0.15, 0.2) is 0 Å². The highest BCUT2D eigenvalue weighted by Gasteiger charge is 2.20. The van der Waals surface area contributed by atoms with Crippen molar-refractivity contribution in [3.63, 3.8) is 0 Å². The first kappa shape index (κ1) is 12.4. The molecule has 0 unspecified atom stereocenters. The van der Waals surface area contributed by atoms with Gasteiger partial charge in [0.25, 0.3) is 0 Å². The van der Waals surface area contributed by atoms with E-state index in [1.807, 2.05) is 12.1 Å². The molecule has 0 amide bonds. The van der Waals surface area contributed by atoms with Crippen LogP contribution in [0, 0.1) is 12.7 Å². The second kappa shape index (κ2) is 5.05. The van der Waals surface area contributed by atoms with E-state index in [0.29, 0.717) is 6.04 Å². The van der Waals surface area contributed by atoms with Crippen LogP contribution in [0.25, 0.3) is 0 Å². The zero-order valence-electron chi connectivity index (χ0n) is 10.9. The van der Waals surface area contributed by atoms with Gasteiger partial charge in [-0.05, 0) is 51.6 Å². The molecule has 0 radical (unpaired) electrons. The molecule has 1 saturated heterocycles. The van der Waals surface area contributed by atoms with Crippen molar-refractivity contribution in [3.8, 4) is 0 Å². The second-order valence-corrected chi connectivity index (χ2v) is 5.12. The lowest BCUT2D eigenvalue weighted by Crippen LogP contribution is -2.42. The Morgan fingerprint density at radius 2 is 1.88 bits per heavy atom. The summed E-state index contributed by atoms with van der Waals surface area (Å²) in [4.78, 5) is 4.57. The van der Waals surface area contributed by atoms with Crippen molar-refractivity contribution < 1.29 is 4.39 Å². The topological polar surface area (TPSA) is 6.48 Å². The molecule has 0 atom stereocenters. The monoisotopic (exact) mass is 236 g/mol. The molecular weight excluding hydrogens is 215 g/mol. The third kappa shape index (κ3) is 2.78. The van der Waals surface area contributed by atoms with Gasteiger partial charge in [0, 0.05) is 24.8 Å². The van der Waals surface area contributed by atoms with Crippen molar-refractivity contribution in [1.82, 2.24) is 4.90 Å². The summed E-state index contributed by atoms with van der Waals surface area (Å²) in [6, 6.07) is 6.21. The van der Waals surface area contributed by atoms with Gasteiger partial charge in [-0.15, -0.1) is 0 Å². The van der Waals surface area contributed by atoms with Crippen LogP contribution in [0.4, 0.5) is 10.1 Å². The van der Waals surface area contributed by atoms with Crippen molar-refractivity contribution in [3.05, 3.63) is 29.6 Å². The maximum absolute atomic E-state index is 13.5. The Morgan fingerprint density at radius 1 is 1.24 bits per heavy atom. The van der Waals surface area contributed by atoms with Crippen LogP contribution in [0.3, 0.4) is 0 Å². The predicted octanol–water partition coefficient (Wildman–Crippen LogP) is 2.66. The van der Waals surface area contributed by atoms with Gasteiger partial charge in [0.05, 0.1) is 0 Å². The Bertz CT molecular complexity index is 382. The smallest absolute Gasteiger partial charge is 0.128 e. The molecular formula is C14H21FN2. The molecule has 0 saturated carbocycles. The van der Waals surface area contributed by atoms with Crippen LogP contribution in [0.5, 0.6) is 0 Å². The van der Waals surface area contributed by atoms with Crippen LogP contribution < -0.4 is 4.90 Å². The minimum atomic E-state index is -0.0998. The lowest BCUT2D eigenvalue weighted by Gasteiger charge is -2.36. The first-order valence-electron chi connectivity index (χ1n) is 6.25. The van der Waals surface area contributed by atoms with Crippen LogP contribution >= 0.6 is 0 Å². The minimum absolute atomic E-state index is 0.0998. The van der Waals surface area contributed by atoms with E-state index in [9.17, 15) is 4.39 Å². The van der Waals surface area contributed by atoms with Crippen molar-refractivity contribution in [1.29, 1.82) is 0 Å². The van der Waals surface area contributed by atoms with Crippen molar-refractivity contribution >= 4 is 5.69 Å². The molecule has 17 heavy (non-hydrogen) atoms. The van der Waals surface area contributed by atoms with Gasteiger partial charge in [-0.25, -0.2) is 4.39 Å². The van der Waals surface area contributed by atoms with Gasteiger partial charge in [0.2, 0.25) is 0 Å². The van der Waals surface area contributed by atoms with Gasteiger partial charge < -0.3 is 9.80 Å². The molecule has 2 nitrogen and oxygen atoms in total. The molecule has 3 heteroatoms. The summed E-state index contributed by atoms with van der Waals surface area (Å²) < 4.78 is 13.5. The molecule has 0 N–H and O–H groups in total. The number of halogens is 1. The summed E-state index contributed by atoms with van der Waals surface area (Å²) in [5, 5.41) is 0. The Hall–Kier alpha value is -1.09. The molecule has 1 aromatic rings. The number of anilines is 1. The van der Waals surface area contributed by atoms with E-state index in [1.165, 1.54) is 0 Å². The molecule has 2 rings (SSSR count). The van der Waals surface area contributed by atoms with Crippen molar-refractivity contribution in [2.24, 2.45) is 0 Å². The summed E-state index contributed by atoms with van der Waals surface area (Å²) in [6.45, 7) is 3.84. The minimum Gasteiger partial charge on any atom is -0.371 e. The molecule has 0 bridgehead atoms. The fraction of sp³-hybridized carbons (Fsp3) is 0.571. The summed E-state index contributed by atoms with van der Waals surface area (Å²) in [5.74, 6) is -0.0998. The first-order valence-corrected chi connectivity index (χ1v) is 6.25. The van der Waals surface area contributed by atoms with E-state index in [0.717, 1.165) is 37.2 Å². The Balaban J connectivity index is 2.03. The second-order valence-electron chi connectivity index (χ2n) is 5.12. The van der Waals surface area contributed by atoms with Gasteiger partial charge in [0.1, 0.15) is 5.82 Å². The van der Waals surface area contributed by atoms with Crippen LogP contribution in [0.2, 0.25) is 0 Å². The quantitative estimate of drug-likeness (QED) is 0.779. The highest BCUT2D eigenvalue weighted by atomic mass is 19.1. The molecule has 0 aliphatic carbocycles. The number of aryl methyl sites for hydroxylation is 1. The van der Waals surface area contributed by atoms with E-state index >= 15 is 0 Å². The number of piperidine rings is 1. The predicted molar refractivity (Wildman–Crippen MR) is 70.1 cm³/mol. The number of benzene rings is 1. The largest absolute Gasteiger partial charge is 0.371 e. The number of hydrogen-bond acceptors (Lipinski definition) is 2. The molecule has 1 aromatic carbocycles. The maximum atomic E-state index is 13.5. The van der Waals surface area contributed by atoms with Crippen LogP contribution in [0.15, 0.2) is 18.2 Å². The molecule has 1 aliphatic rings. The zero-order valence-corrected chi connectivity index (χ0v) is 10.9. The van der Waals surface area contributed by atoms with Crippen LogP contribution in [-0.2, 0) is 0 Å². The van der Waals surface area contributed by atoms with Crippen LogP contribution in [0.1, 0.15) is 18.4 Å². The SMILES string of the molecule is Cc1ccc(N2CCC(N(C)C)CC2)cc1F. The summed E-state index contributed by atoms with van der Waals surface area (Å²) >= 11 is 0. The van der Waals surface area contributed by atoms with Gasteiger partial charge in [-0.1, -0.05) is 6.07 Å². The lowest BCUT2D eigenvalue weighted by molar-refractivity contribution is 0.249. The van der Waals surface area contributed by atoms with Crippen molar-refractivity contribution in [2.45, 2.75) is 25.8 Å². The maximum Gasteiger partial charge on any atom is 0.128 e. The Labute approximate surface area is 103 Å². The molecule has 1 heterocycles. The Kier molecular flexibility index (Phi) is 3.67. The highest BCUT2D eigenvalue weighted by molar-refractivity contribution is 5.48. The fourth-order valence-corrected chi connectivity index (χ4v) is 2.42. The molecule has 94 valence electrons. The summed E-state index contributed by atoms with van der Waals surface area (Å²) in [5.41, 5.74) is 1.74. The lowest BCUT2D eigenvalue weighted by atomic mass is 10.0. The molecule has 0 aromatic heterocycles. The standard InChI is InChI=1S/C14H21FN2/c1-11-4-5-13(10-14(11)15)17-8-6-12(7-9-17)16(2)3/h4-5,10,12H,6-9H2,1-3H3. The van der Waals surface area contributed by atoms with E-state index in [1.54, 1.807) is 13.0 Å². The number of rotatable bonds is 2. The average molecular weight is 236 g/mol. The van der Waals surface area contributed by atoms with E-state index in [4.69, 9.17) is 0 Å². The summed E-state index contributed by atoms with van der Waals surface area (Å²) in [6.07, 6.45) is 2.31. The van der Waals surface area contributed by atoms with Gasteiger partial charge in [-0.2, -0.15) is 0 Å². The number of nitrogens with zero attached hydrogens (tertiary/aromatic N) is 2. The van der Waals surface area contributed by atoms with Gasteiger partial charge in [-0.3, -0.25) is 0 Å². The summed E-state index contributed by atoms with van der Waals surface area (Å²) in [7, 11) is 4.26. The first-order chi connectivity index (χ1) is 8.08. The fourth-order valence-electron chi connectivity index (χ4n) is 2.42. The normalized spacial score (nSPS) is 17.8. The van der Waals surface area contributed by atoms with Crippen LogP contribution in [-0.4, -0.2) is 38.1 Å². The van der Waals surface area contributed by atoms with Gasteiger partial charge >= 0.3 is 0 Å².